The molecule has 0 saturated heterocycles. The minimum Gasteiger partial charge on any atom is -0.340 e. The quantitative estimate of drug-likeness (QED) is 0.734. The Morgan fingerprint density at radius 3 is 2.82 bits per heavy atom. The van der Waals surface area contributed by atoms with Crippen LogP contribution in [0.1, 0.15) is 29.3 Å². The molecule has 3 nitrogen and oxygen atoms in total. The molecule has 0 aliphatic heterocycles. The summed E-state index contributed by atoms with van der Waals surface area (Å²) in [6.07, 6.45) is 5.26. The fourth-order valence-corrected chi connectivity index (χ4v) is 4.49. The Balaban J connectivity index is 1.79. The number of aromatic nitrogens is 2. The van der Waals surface area contributed by atoms with Gasteiger partial charge in [0.2, 0.25) is 0 Å². The number of nitrogens with zero attached hydrogens (tertiary/aromatic N) is 2. The maximum Gasteiger partial charge on any atom is 0.142 e. The van der Waals surface area contributed by atoms with Crippen LogP contribution in [0.4, 0.5) is 11.5 Å². The van der Waals surface area contributed by atoms with E-state index < -0.39 is 0 Å². The monoisotopic (exact) mass is 309 g/mol. The number of benzene rings is 1. The Labute approximate surface area is 134 Å². The maximum atomic E-state index is 4.51. The van der Waals surface area contributed by atoms with Crippen molar-refractivity contribution in [3.8, 4) is 0 Å². The molecule has 22 heavy (non-hydrogen) atoms. The number of thiophene rings is 1. The highest BCUT2D eigenvalue weighted by atomic mass is 32.1. The maximum absolute atomic E-state index is 4.51. The van der Waals surface area contributed by atoms with Crippen molar-refractivity contribution in [2.24, 2.45) is 5.92 Å². The smallest absolute Gasteiger partial charge is 0.142 e. The first-order valence-corrected chi connectivity index (χ1v) is 8.61. The number of hydrogen-bond acceptors (Lipinski definition) is 4. The molecule has 1 atom stereocenters. The number of nitrogens with one attached hydrogen (secondary N) is 1. The molecular weight excluding hydrogens is 290 g/mol. The van der Waals surface area contributed by atoms with E-state index in [4.69, 9.17) is 0 Å². The van der Waals surface area contributed by atoms with Crippen molar-refractivity contribution >= 4 is 33.1 Å². The van der Waals surface area contributed by atoms with E-state index in [9.17, 15) is 0 Å². The van der Waals surface area contributed by atoms with Crippen molar-refractivity contribution in [1.82, 2.24) is 9.97 Å². The second-order valence-corrected chi connectivity index (χ2v) is 7.33. The summed E-state index contributed by atoms with van der Waals surface area (Å²) in [6.45, 7) is 4.44. The van der Waals surface area contributed by atoms with Gasteiger partial charge in [0.05, 0.1) is 5.39 Å². The van der Waals surface area contributed by atoms with Gasteiger partial charge in [-0.3, -0.25) is 0 Å². The van der Waals surface area contributed by atoms with E-state index in [1.54, 1.807) is 6.33 Å². The van der Waals surface area contributed by atoms with Crippen molar-refractivity contribution in [2.75, 3.05) is 5.32 Å². The Morgan fingerprint density at radius 1 is 1.18 bits per heavy atom. The zero-order chi connectivity index (χ0) is 15.1. The van der Waals surface area contributed by atoms with E-state index in [1.807, 2.05) is 11.3 Å². The zero-order valence-electron chi connectivity index (χ0n) is 12.9. The third kappa shape index (κ3) is 2.37. The fraction of sp³-hybridized carbons (Fsp3) is 0.333. The van der Waals surface area contributed by atoms with Crippen molar-refractivity contribution in [1.29, 1.82) is 0 Å². The molecule has 0 saturated carbocycles. The van der Waals surface area contributed by atoms with E-state index in [2.05, 4.69) is 53.4 Å². The molecule has 0 radical (unpaired) electrons. The summed E-state index contributed by atoms with van der Waals surface area (Å²) in [6, 6.07) is 8.44. The number of hydrogen-bond donors (Lipinski definition) is 1. The fourth-order valence-electron chi connectivity index (χ4n) is 3.14. The molecule has 0 fully saturated rings. The average molecular weight is 309 g/mol. The number of aryl methyl sites for hydroxylation is 2. The SMILES string of the molecule is Cc1ccc(Nc2ncnc3sc4c(c23)CC[C@@H](C)C4)cc1. The van der Waals surface area contributed by atoms with Gasteiger partial charge in [-0.2, -0.15) is 0 Å². The van der Waals surface area contributed by atoms with Gasteiger partial charge < -0.3 is 5.32 Å². The summed E-state index contributed by atoms with van der Waals surface area (Å²) >= 11 is 1.84. The summed E-state index contributed by atoms with van der Waals surface area (Å²) in [5, 5.41) is 4.71. The van der Waals surface area contributed by atoms with Crippen molar-refractivity contribution in [3.63, 3.8) is 0 Å². The van der Waals surface area contributed by atoms with Crippen LogP contribution < -0.4 is 5.32 Å². The number of anilines is 2. The summed E-state index contributed by atoms with van der Waals surface area (Å²) in [5.74, 6) is 1.72. The summed E-state index contributed by atoms with van der Waals surface area (Å²) in [5.41, 5.74) is 3.81. The highest BCUT2D eigenvalue weighted by molar-refractivity contribution is 7.19. The minimum atomic E-state index is 0.780. The molecule has 2 heterocycles. The van der Waals surface area contributed by atoms with Crippen LogP contribution in [0, 0.1) is 12.8 Å². The molecule has 1 aromatic carbocycles. The molecule has 112 valence electrons. The lowest BCUT2D eigenvalue weighted by Gasteiger charge is -2.18. The third-order valence-corrected chi connectivity index (χ3v) is 5.57. The van der Waals surface area contributed by atoms with E-state index in [0.717, 1.165) is 28.7 Å². The summed E-state index contributed by atoms with van der Waals surface area (Å²) in [7, 11) is 0. The van der Waals surface area contributed by atoms with Crippen LogP contribution in [0.25, 0.3) is 10.2 Å². The molecule has 1 aliphatic rings. The first kappa shape index (κ1) is 13.7. The predicted molar refractivity (Wildman–Crippen MR) is 93.1 cm³/mol. The van der Waals surface area contributed by atoms with E-state index >= 15 is 0 Å². The molecule has 0 bridgehead atoms. The predicted octanol–water partition coefficient (Wildman–Crippen LogP) is 4.87. The Hall–Kier alpha value is -1.94. The van der Waals surface area contributed by atoms with Crippen LogP contribution in [-0.2, 0) is 12.8 Å². The lowest BCUT2D eigenvalue weighted by atomic mass is 9.89. The summed E-state index contributed by atoms with van der Waals surface area (Å²) in [4.78, 5) is 11.6. The van der Waals surface area contributed by atoms with Gasteiger partial charge >= 0.3 is 0 Å². The molecular formula is C18H19N3S. The van der Waals surface area contributed by atoms with Gasteiger partial charge in [0.1, 0.15) is 17.0 Å². The van der Waals surface area contributed by atoms with Crippen molar-refractivity contribution < 1.29 is 0 Å². The molecule has 0 amide bonds. The molecule has 0 unspecified atom stereocenters. The molecule has 1 aliphatic carbocycles. The van der Waals surface area contributed by atoms with E-state index in [1.165, 1.54) is 34.2 Å². The molecule has 1 N–H and O–H groups in total. The van der Waals surface area contributed by atoms with Crippen molar-refractivity contribution in [2.45, 2.75) is 33.1 Å². The van der Waals surface area contributed by atoms with Gasteiger partial charge in [-0.1, -0.05) is 24.6 Å². The minimum absolute atomic E-state index is 0.780. The van der Waals surface area contributed by atoms with Gasteiger partial charge in [0, 0.05) is 10.6 Å². The zero-order valence-corrected chi connectivity index (χ0v) is 13.7. The topological polar surface area (TPSA) is 37.8 Å². The molecule has 0 spiro atoms. The van der Waals surface area contributed by atoms with Gasteiger partial charge in [0.15, 0.2) is 0 Å². The van der Waals surface area contributed by atoms with Crippen molar-refractivity contribution in [3.05, 3.63) is 46.6 Å². The largest absolute Gasteiger partial charge is 0.340 e. The Kier molecular flexibility index (Phi) is 3.34. The molecule has 2 aromatic heterocycles. The van der Waals surface area contributed by atoms with Gasteiger partial charge in [-0.25, -0.2) is 9.97 Å². The van der Waals surface area contributed by atoms with Gasteiger partial charge in [0.25, 0.3) is 0 Å². The number of rotatable bonds is 2. The average Bonchev–Trinajstić information content (AvgIpc) is 2.88. The third-order valence-electron chi connectivity index (χ3n) is 4.41. The Morgan fingerprint density at radius 2 is 2.00 bits per heavy atom. The molecule has 4 rings (SSSR count). The standard InChI is InChI=1S/C18H19N3S/c1-11-3-6-13(7-4-11)21-17-16-14-8-5-12(2)9-15(14)22-18(16)20-10-19-17/h3-4,6-7,10,12H,5,8-9H2,1-2H3,(H,19,20,21)/t12-/m1/s1. The van der Waals surface area contributed by atoms with Crippen LogP contribution in [0.5, 0.6) is 0 Å². The number of fused-ring (bicyclic) bond motifs is 3. The van der Waals surface area contributed by atoms with Crippen LogP contribution in [-0.4, -0.2) is 9.97 Å². The highest BCUT2D eigenvalue weighted by Gasteiger charge is 2.23. The van der Waals surface area contributed by atoms with Gasteiger partial charge in [-0.15, -0.1) is 11.3 Å². The Bertz CT molecular complexity index is 820. The normalized spacial score (nSPS) is 17.5. The lowest BCUT2D eigenvalue weighted by Crippen LogP contribution is -2.09. The van der Waals surface area contributed by atoms with Crippen LogP contribution in [0.3, 0.4) is 0 Å². The summed E-state index contributed by atoms with van der Waals surface area (Å²) < 4.78 is 0. The molecule has 3 aromatic rings. The van der Waals surface area contributed by atoms with E-state index in [0.29, 0.717) is 0 Å². The lowest BCUT2D eigenvalue weighted by molar-refractivity contribution is 0.509. The van der Waals surface area contributed by atoms with Crippen LogP contribution >= 0.6 is 11.3 Å². The highest BCUT2D eigenvalue weighted by Crippen LogP contribution is 2.40. The van der Waals surface area contributed by atoms with E-state index in [-0.39, 0.29) is 0 Å². The van der Waals surface area contributed by atoms with Crippen LogP contribution in [0.2, 0.25) is 0 Å². The molecule has 4 heteroatoms. The second-order valence-electron chi connectivity index (χ2n) is 6.25. The second kappa shape index (κ2) is 5.36. The first-order valence-electron chi connectivity index (χ1n) is 7.79. The van der Waals surface area contributed by atoms with Gasteiger partial charge in [-0.05, 0) is 49.8 Å². The first-order chi connectivity index (χ1) is 10.7. The van der Waals surface area contributed by atoms with Crippen LogP contribution in [0.15, 0.2) is 30.6 Å².